The number of halogens is 1. The number of thiazole rings is 1. The van der Waals surface area contributed by atoms with Crippen molar-refractivity contribution in [3.8, 4) is 0 Å². The Kier molecular flexibility index (Phi) is 3.72. The summed E-state index contributed by atoms with van der Waals surface area (Å²) < 4.78 is 0. The molecule has 1 saturated heterocycles. The fourth-order valence-corrected chi connectivity index (χ4v) is 3.80. The summed E-state index contributed by atoms with van der Waals surface area (Å²) in [5.74, 6) is 1.96. The Morgan fingerprint density at radius 3 is 2.62 bits per heavy atom. The number of nitrogens with two attached hydrogens (primary N) is 1. The molecule has 2 fully saturated rings. The minimum atomic E-state index is 0. The summed E-state index contributed by atoms with van der Waals surface area (Å²) in [5.41, 5.74) is 5.63. The molecule has 1 saturated carbocycles. The van der Waals surface area contributed by atoms with E-state index in [-0.39, 0.29) is 12.4 Å². The van der Waals surface area contributed by atoms with Crippen LogP contribution in [-0.4, -0.2) is 23.0 Å². The smallest absolute Gasteiger partial charge is 0.180 e. The number of likely N-dealkylation sites (tertiary alicyclic amines) is 1. The first-order chi connectivity index (χ1) is 7.31. The predicted octanol–water partition coefficient (Wildman–Crippen LogP) is 2.38. The third-order valence-electron chi connectivity index (χ3n) is 3.75. The first kappa shape index (κ1) is 12.1. The second-order valence-electron chi connectivity index (χ2n) is 4.81. The van der Waals surface area contributed by atoms with E-state index in [0.29, 0.717) is 5.13 Å². The van der Waals surface area contributed by atoms with Gasteiger partial charge in [-0.15, -0.1) is 23.7 Å². The van der Waals surface area contributed by atoms with Crippen molar-refractivity contribution in [2.45, 2.75) is 25.8 Å². The van der Waals surface area contributed by atoms with Crippen molar-refractivity contribution in [2.24, 2.45) is 11.8 Å². The number of hydrogen-bond donors (Lipinski definition) is 1. The Morgan fingerprint density at radius 2 is 2.06 bits per heavy atom. The van der Waals surface area contributed by atoms with Gasteiger partial charge in [0.1, 0.15) is 0 Å². The van der Waals surface area contributed by atoms with Crippen molar-refractivity contribution < 1.29 is 0 Å². The molecule has 1 aliphatic heterocycles. The molecule has 16 heavy (non-hydrogen) atoms. The van der Waals surface area contributed by atoms with Crippen molar-refractivity contribution in [1.29, 1.82) is 0 Å². The van der Waals surface area contributed by atoms with Gasteiger partial charge in [-0.3, -0.25) is 4.90 Å². The Morgan fingerprint density at radius 1 is 1.38 bits per heavy atom. The first-order valence-corrected chi connectivity index (χ1v) is 6.55. The molecule has 2 aliphatic rings. The molecule has 0 radical (unpaired) electrons. The van der Waals surface area contributed by atoms with Crippen LogP contribution >= 0.6 is 23.7 Å². The van der Waals surface area contributed by atoms with Crippen LogP contribution in [0.2, 0.25) is 0 Å². The molecule has 1 aliphatic carbocycles. The highest BCUT2D eigenvalue weighted by Crippen LogP contribution is 2.38. The van der Waals surface area contributed by atoms with Crippen molar-refractivity contribution >= 4 is 28.9 Å². The van der Waals surface area contributed by atoms with Gasteiger partial charge < -0.3 is 5.73 Å². The number of hydrogen-bond acceptors (Lipinski definition) is 4. The van der Waals surface area contributed by atoms with Crippen LogP contribution < -0.4 is 5.73 Å². The Hall–Kier alpha value is -0.320. The third-order valence-corrected chi connectivity index (χ3v) is 4.56. The minimum Gasteiger partial charge on any atom is -0.375 e. The lowest BCUT2D eigenvalue weighted by molar-refractivity contribution is 0.306. The van der Waals surface area contributed by atoms with E-state index >= 15 is 0 Å². The van der Waals surface area contributed by atoms with Gasteiger partial charge in [0.25, 0.3) is 0 Å². The lowest BCUT2D eigenvalue weighted by Gasteiger charge is -2.14. The average molecular weight is 260 g/mol. The van der Waals surface area contributed by atoms with Crippen LogP contribution in [0.15, 0.2) is 6.20 Å². The molecule has 2 atom stereocenters. The lowest BCUT2D eigenvalue weighted by Crippen LogP contribution is -2.20. The lowest BCUT2D eigenvalue weighted by atomic mass is 10.0. The quantitative estimate of drug-likeness (QED) is 0.887. The van der Waals surface area contributed by atoms with Gasteiger partial charge in [0.05, 0.1) is 0 Å². The van der Waals surface area contributed by atoms with E-state index in [1.807, 2.05) is 6.20 Å². The van der Waals surface area contributed by atoms with Gasteiger partial charge in [-0.1, -0.05) is 6.42 Å². The SMILES string of the molecule is Cl.Nc1ncc(CN2CC3CCCC3C2)s1. The van der Waals surface area contributed by atoms with E-state index in [1.54, 1.807) is 11.3 Å². The molecule has 90 valence electrons. The number of aromatic nitrogens is 1. The number of rotatable bonds is 2. The van der Waals surface area contributed by atoms with Crippen molar-refractivity contribution in [1.82, 2.24) is 9.88 Å². The maximum atomic E-state index is 5.63. The molecule has 2 N–H and O–H groups in total. The van der Waals surface area contributed by atoms with E-state index in [0.717, 1.165) is 18.4 Å². The summed E-state index contributed by atoms with van der Waals surface area (Å²) in [6.45, 7) is 3.65. The van der Waals surface area contributed by atoms with E-state index < -0.39 is 0 Å². The van der Waals surface area contributed by atoms with Gasteiger partial charge in [-0.2, -0.15) is 0 Å². The maximum Gasteiger partial charge on any atom is 0.180 e. The van der Waals surface area contributed by atoms with Gasteiger partial charge in [0.2, 0.25) is 0 Å². The average Bonchev–Trinajstić information content (AvgIpc) is 2.81. The Balaban J connectivity index is 0.000000963. The molecule has 2 heterocycles. The zero-order valence-corrected chi connectivity index (χ0v) is 10.9. The molecular formula is C11H18ClN3S. The second kappa shape index (κ2) is 4.90. The summed E-state index contributed by atoms with van der Waals surface area (Å²) in [4.78, 5) is 7.98. The molecule has 3 nitrogen and oxygen atoms in total. The second-order valence-corrected chi connectivity index (χ2v) is 5.96. The number of fused-ring (bicyclic) bond motifs is 1. The summed E-state index contributed by atoms with van der Waals surface area (Å²) in [5, 5.41) is 0.699. The standard InChI is InChI=1S/C11H17N3S.ClH/c12-11-13-4-10(15-11)7-14-5-8-2-1-3-9(8)6-14;/h4,8-9H,1-3,5-7H2,(H2,12,13);1H. The van der Waals surface area contributed by atoms with Gasteiger partial charge in [0, 0.05) is 30.7 Å². The molecule has 3 rings (SSSR count). The molecule has 0 bridgehead atoms. The third kappa shape index (κ3) is 2.34. The maximum absolute atomic E-state index is 5.63. The molecule has 1 aromatic heterocycles. The van der Waals surface area contributed by atoms with Crippen LogP contribution in [-0.2, 0) is 6.54 Å². The van der Waals surface area contributed by atoms with Crippen LogP contribution in [0.25, 0.3) is 0 Å². The van der Waals surface area contributed by atoms with Gasteiger partial charge in [0.15, 0.2) is 5.13 Å². The molecule has 0 spiro atoms. The highest BCUT2D eigenvalue weighted by atomic mass is 35.5. The monoisotopic (exact) mass is 259 g/mol. The molecule has 0 aromatic carbocycles. The van der Waals surface area contributed by atoms with Gasteiger partial charge >= 0.3 is 0 Å². The van der Waals surface area contributed by atoms with E-state index in [9.17, 15) is 0 Å². The normalized spacial score (nSPS) is 29.0. The highest BCUT2D eigenvalue weighted by Gasteiger charge is 2.35. The van der Waals surface area contributed by atoms with Crippen LogP contribution in [0, 0.1) is 11.8 Å². The fraction of sp³-hybridized carbons (Fsp3) is 0.727. The summed E-state index contributed by atoms with van der Waals surface area (Å²) in [6, 6.07) is 0. The molecule has 5 heteroatoms. The zero-order chi connectivity index (χ0) is 10.3. The highest BCUT2D eigenvalue weighted by molar-refractivity contribution is 7.15. The van der Waals surface area contributed by atoms with Crippen molar-refractivity contribution in [3.63, 3.8) is 0 Å². The Labute approximate surface area is 106 Å². The van der Waals surface area contributed by atoms with Gasteiger partial charge in [-0.05, 0) is 24.7 Å². The van der Waals surface area contributed by atoms with Crippen LogP contribution in [0.5, 0.6) is 0 Å². The van der Waals surface area contributed by atoms with Crippen LogP contribution in [0.4, 0.5) is 5.13 Å². The minimum absolute atomic E-state index is 0. The molecule has 1 aromatic rings. The van der Waals surface area contributed by atoms with E-state index in [2.05, 4.69) is 9.88 Å². The molecule has 0 amide bonds. The zero-order valence-electron chi connectivity index (χ0n) is 9.26. The van der Waals surface area contributed by atoms with E-state index in [4.69, 9.17) is 5.73 Å². The van der Waals surface area contributed by atoms with Crippen molar-refractivity contribution in [2.75, 3.05) is 18.8 Å². The largest absolute Gasteiger partial charge is 0.375 e. The Bertz CT molecular complexity index is 343. The first-order valence-electron chi connectivity index (χ1n) is 5.74. The number of anilines is 1. The summed E-state index contributed by atoms with van der Waals surface area (Å²) in [7, 11) is 0. The van der Waals surface area contributed by atoms with Gasteiger partial charge in [-0.25, -0.2) is 4.98 Å². The summed E-state index contributed by atoms with van der Waals surface area (Å²) in [6.07, 6.45) is 6.28. The molecule has 2 unspecified atom stereocenters. The summed E-state index contributed by atoms with van der Waals surface area (Å²) >= 11 is 1.63. The topological polar surface area (TPSA) is 42.1 Å². The fourth-order valence-electron chi connectivity index (χ4n) is 3.08. The number of nitrogen functional groups attached to an aromatic ring is 1. The van der Waals surface area contributed by atoms with E-state index in [1.165, 1.54) is 37.2 Å². The predicted molar refractivity (Wildman–Crippen MR) is 69.9 cm³/mol. The van der Waals surface area contributed by atoms with Crippen molar-refractivity contribution in [3.05, 3.63) is 11.1 Å². The molecular weight excluding hydrogens is 242 g/mol. The van der Waals surface area contributed by atoms with Crippen LogP contribution in [0.3, 0.4) is 0 Å². The van der Waals surface area contributed by atoms with Crippen LogP contribution in [0.1, 0.15) is 24.1 Å². The number of nitrogens with zero attached hydrogens (tertiary/aromatic N) is 2.